The van der Waals surface area contributed by atoms with Gasteiger partial charge in [0.25, 0.3) is 5.91 Å². The van der Waals surface area contributed by atoms with Crippen LogP contribution in [0.15, 0.2) is 48.5 Å². The minimum absolute atomic E-state index is 0.100. The van der Waals surface area contributed by atoms with Gasteiger partial charge in [-0.25, -0.2) is 0 Å². The lowest BCUT2D eigenvalue weighted by Crippen LogP contribution is -2.54. The number of carbonyl (C=O) groups excluding carboxylic acids is 1. The number of benzene rings is 2. The van der Waals surface area contributed by atoms with Crippen LogP contribution in [0.5, 0.6) is 5.75 Å². The van der Waals surface area contributed by atoms with E-state index in [1.54, 1.807) is 25.3 Å². The SMILES string of the molecule is CCN(C)C1(C(NC(=O)c2cc(OC)ccc2Cl)c2ccccc2)CCCC1. The van der Waals surface area contributed by atoms with Crippen LogP contribution in [0.4, 0.5) is 0 Å². The number of likely N-dealkylation sites (N-methyl/N-ethyl adjacent to an activating group) is 1. The van der Waals surface area contributed by atoms with Crippen molar-refractivity contribution in [3.63, 3.8) is 0 Å². The zero-order valence-corrected chi connectivity index (χ0v) is 17.6. The van der Waals surface area contributed by atoms with Gasteiger partial charge >= 0.3 is 0 Å². The molecule has 3 rings (SSSR count). The molecule has 0 bridgehead atoms. The Hall–Kier alpha value is -2.04. The van der Waals surface area contributed by atoms with Crippen LogP contribution in [0.3, 0.4) is 0 Å². The highest BCUT2D eigenvalue weighted by Gasteiger charge is 2.45. The molecule has 5 heteroatoms. The van der Waals surface area contributed by atoms with Gasteiger partial charge in [0.1, 0.15) is 5.75 Å². The summed E-state index contributed by atoms with van der Waals surface area (Å²) >= 11 is 6.33. The van der Waals surface area contributed by atoms with E-state index in [1.807, 2.05) is 18.2 Å². The second-order valence-corrected chi connectivity index (χ2v) is 7.89. The average Bonchev–Trinajstić information content (AvgIpc) is 3.23. The number of halogens is 1. The van der Waals surface area contributed by atoms with Crippen LogP contribution in [0.1, 0.15) is 54.6 Å². The predicted octanol–water partition coefficient (Wildman–Crippen LogP) is 5.08. The van der Waals surface area contributed by atoms with Gasteiger partial charge in [-0.15, -0.1) is 0 Å². The second kappa shape index (κ2) is 8.97. The molecule has 1 unspecified atom stereocenters. The normalized spacial score (nSPS) is 16.8. The number of amides is 1. The molecule has 0 heterocycles. The Labute approximate surface area is 172 Å². The third kappa shape index (κ3) is 4.03. The number of methoxy groups -OCH3 is 1. The van der Waals surface area contributed by atoms with Gasteiger partial charge in [0.15, 0.2) is 0 Å². The van der Waals surface area contributed by atoms with Crippen molar-refractivity contribution in [2.75, 3.05) is 20.7 Å². The molecule has 1 N–H and O–H groups in total. The smallest absolute Gasteiger partial charge is 0.253 e. The molecule has 1 aliphatic carbocycles. The molecule has 0 aliphatic heterocycles. The molecular formula is C23H29ClN2O2. The van der Waals surface area contributed by atoms with Crippen molar-refractivity contribution >= 4 is 17.5 Å². The zero-order chi connectivity index (χ0) is 20.1. The fourth-order valence-electron chi connectivity index (χ4n) is 4.38. The standard InChI is InChI=1S/C23H29ClN2O2/c1-4-26(2)23(14-8-9-15-23)21(17-10-6-5-7-11-17)25-22(27)19-16-18(28-3)12-13-20(19)24/h5-7,10-13,16,21H,4,8-9,14-15H2,1-3H3,(H,25,27). The summed E-state index contributed by atoms with van der Waals surface area (Å²) in [4.78, 5) is 15.7. The monoisotopic (exact) mass is 400 g/mol. The molecule has 2 aromatic carbocycles. The lowest BCUT2D eigenvalue weighted by molar-refractivity contribution is 0.0682. The highest BCUT2D eigenvalue weighted by Crippen LogP contribution is 2.44. The fourth-order valence-corrected chi connectivity index (χ4v) is 4.58. The largest absolute Gasteiger partial charge is 0.497 e. The maximum atomic E-state index is 13.3. The van der Waals surface area contributed by atoms with E-state index < -0.39 is 0 Å². The third-order valence-corrected chi connectivity index (χ3v) is 6.40. The van der Waals surface area contributed by atoms with Crippen LogP contribution in [0.25, 0.3) is 0 Å². The highest BCUT2D eigenvalue weighted by atomic mass is 35.5. The van der Waals surface area contributed by atoms with E-state index in [4.69, 9.17) is 16.3 Å². The number of carbonyl (C=O) groups is 1. The first-order chi connectivity index (χ1) is 13.5. The molecule has 2 aromatic rings. The van der Waals surface area contributed by atoms with E-state index in [0.29, 0.717) is 16.3 Å². The number of ether oxygens (including phenoxy) is 1. The summed E-state index contributed by atoms with van der Waals surface area (Å²) < 4.78 is 5.28. The van der Waals surface area contributed by atoms with Crippen molar-refractivity contribution in [2.24, 2.45) is 0 Å². The molecule has 1 saturated carbocycles. The Morgan fingerprint density at radius 1 is 1.21 bits per heavy atom. The van der Waals surface area contributed by atoms with Crippen molar-refractivity contribution in [3.05, 3.63) is 64.7 Å². The van der Waals surface area contributed by atoms with E-state index in [-0.39, 0.29) is 17.5 Å². The molecule has 0 saturated heterocycles. The van der Waals surface area contributed by atoms with Gasteiger partial charge in [-0.1, -0.05) is 61.7 Å². The Balaban J connectivity index is 2.00. The maximum absolute atomic E-state index is 13.3. The lowest BCUT2D eigenvalue weighted by Gasteiger charge is -2.45. The molecule has 1 amide bonds. The van der Waals surface area contributed by atoms with Crippen LogP contribution in [0.2, 0.25) is 5.02 Å². The number of hydrogen-bond acceptors (Lipinski definition) is 3. The maximum Gasteiger partial charge on any atom is 0.253 e. The Kier molecular flexibility index (Phi) is 6.63. The van der Waals surface area contributed by atoms with E-state index in [0.717, 1.165) is 24.9 Å². The summed E-state index contributed by atoms with van der Waals surface area (Å²) in [6.07, 6.45) is 4.46. The predicted molar refractivity (Wildman–Crippen MR) is 114 cm³/mol. The van der Waals surface area contributed by atoms with E-state index >= 15 is 0 Å². The molecule has 1 fully saturated rings. The van der Waals surface area contributed by atoms with Crippen molar-refractivity contribution < 1.29 is 9.53 Å². The van der Waals surface area contributed by atoms with Gasteiger partial charge in [-0.3, -0.25) is 9.69 Å². The molecule has 1 atom stereocenters. The Morgan fingerprint density at radius 2 is 1.89 bits per heavy atom. The molecule has 0 radical (unpaired) electrons. The first-order valence-electron chi connectivity index (χ1n) is 9.92. The molecule has 4 nitrogen and oxygen atoms in total. The molecule has 1 aliphatic rings. The molecule has 0 spiro atoms. The summed E-state index contributed by atoms with van der Waals surface area (Å²) in [6.45, 7) is 3.10. The van der Waals surface area contributed by atoms with Crippen LogP contribution in [-0.2, 0) is 0 Å². The van der Waals surface area contributed by atoms with Crippen molar-refractivity contribution in [3.8, 4) is 5.75 Å². The summed E-state index contributed by atoms with van der Waals surface area (Å²) in [7, 11) is 3.74. The van der Waals surface area contributed by atoms with Gasteiger partial charge < -0.3 is 10.1 Å². The van der Waals surface area contributed by atoms with Crippen LogP contribution >= 0.6 is 11.6 Å². The third-order valence-electron chi connectivity index (χ3n) is 6.07. The van der Waals surface area contributed by atoms with Crippen molar-refractivity contribution in [2.45, 2.75) is 44.2 Å². The van der Waals surface area contributed by atoms with Gasteiger partial charge in [0.05, 0.1) is 23.7 Å². The first-order valence-corrected chi connectivity index (χ1v) is 10.3. The molecular weight excluding hydrogens is 372 g/mol. The summed E-state index contributed by atoms with van der Waals surface area (Å²) in [5.41, 5.74) is 1.46. The molecule has 0 aromatic heterocycles. The zero-order valence-electron chi connectivity index (χ0n) is 16.9. The van der Waals surface area contributed by atoms with Crippen LogP contribution < -0.4 is 10.1 Å². The minimum atomic E-state index is -0.173. The van der Waals surface area contributed by atoms with Crippen molar-refractivity contribution in [1.29, 1.82) is 0 Å². The molecule has 28 heavy (non-hydrogen) atoms. The van der Waals surface area contributed by atoms with Gasteiger partial charge in [0, 0.05) is 5.54 Å². The highest BCUT2D eigenvalue weighted by molar-refractivity contribution is 6.33. The Morgan fingerprint density at radius 3 is 2.50 bits per heavy atom. The van der Waals surface area contributed by atoms with E-state index in [1.165, 1.54) is 12.8 Å². The lowest BCUT2D eigenvalue weighted by atomic mass is 9.82. The average molecular weight is 401 g/mol. The quantitative estimate of drug-likeness (QED) is 0.704. The van der Waals surface area contributed by atoms with Gasteiger partial charge in [-0.2, -0.15) is 0 Å². The second-order valence-electron chi connectivity index (χ2n) is 7.49. The Bertz CT molecular complexity index is 804. The number of nitrogens with zero attached hydrogens (tertiary/aromatic N) is 1. The van der Waals surface area contributed by atoms with Gasteiger partial charge in [-0.05, 0) is 50.2 Å². The van der Waals surface area contributed by atoms with E-state index in [9.17, 15) is 4.79 Å². The molecule has 150 valence electrons. The fraction of sp³-hybridized carbons (Fsp3) is 0.435. The van der Waals surface area contributed by atoms with Crippen LogP contribution in [-0.4, -0.2) is 37.0 Å². The van der Waals surface area contributed by atoms with Gasteiger partial charge in [0.2, 0.25) is 0 Å². The minimum Gasteiger partial charge on any atom is -0.497 e. The summed E-state index contributed by atoms with van der Waals surface area (Å²) in [6, 6.07) is 15.3. The number of nitrogens with one attached hydrogen (secondary N) is 1. The van der Waals surface area contributed by atoms with Crippen LogP contribution in [0, 0.1) is 0 Å². The topological polar surface area (TPSA) is 41.6 Å². The summed E-state index contributed by atoms with van der Waals surface area (Å²) in [5, 5.41) is 3.74. The summed E-state index contributed by atoms with van der Waals surface area (Å²) in [5.74, 6) is 0.445. The number of hydrogen-bond donors (Lipinski definition) is 1. The van der Waals surface area contributed by atoms with Crippen molar-refractivity contribution in [1.82, 2.24) is 10.2 Å². The number of rotatable bonds is 7. The van der Waals surface area contributed by atoms with E-state index in [2.05, 4.69) is 36.3 Å². The first kappa shape index (κ1) is 20.7.